The molecule has 0 atom stereocenters. The van der Waals surface area contributed by atoms with Crippen LogP contribution in [0.4, 0.5) is 0 Å². The van der Waals surface area contributed by atoms with Crippen LogP contribution in [0, 0.1) is 0 Å². The number of benzene rings is 2. The fourth-order valence-corrected chi connectivity index (χ4v) is 4.27. The van der Waals surface area contributed by atoms with E-state index in [1.807, 2.05) is 4.57 Å². The van der Waals surface area contributed by atoms with Crippen molar-refractivity contribution in [1.29, 1.82) is 0 Å². The van der Waals surface area contributed by atoms with Crippen LogP contribution in [0.1, 0.15) is 31.2 Å². The number of hydrogen-bond acceptors (Lipinski definition) is 4. The van der Waals surface area contributed by atoms with Crippen molar-refractivity contribution in [3.05, 3.63) is 46.7 Å². The maximum Gasteiger partial charge on any atom is 0.205 e. The summed E-state index contributed by atoms with van der Waals surface area (Å²) in [6.45, 7) is 1.59. The highest BCUT2D eigenvalue weighted by molar-refractivity contribution is 9.10. The van der Waals surface area contributed by atoms with Crippen LogP contribution >= 0.6 is 27.7 Å². The third-order valence-electron chi connectivity index (χ3n) is 4.19. The van der Waals surface area contributed by atoms with E-state index in [9.17, 15) is 4.79 Å². The Morgan fingerprint density at radius 1 is 1.21 bits per heavy atom. The van der Waals surface area contributed by atoms with E-state index < -0.39 is 0 Å². The van der Waals surface area contributed by atoms with E-state index in [1.54, 1.807) is 6.92 Å². The zero-order valence-electron chi connectivity index (χ0n) is 13.2. The molecule has 0 spiro atoms. The minimum atomic E-state index is 0.125. The Labute approximate surface area is 152 Å². The fraction of sp³-hybridized carbons (Fsp3) is 0.278. The minimum absolute atomic E-state index is 0.125. The number of thioether (sulfide) groups is 1. The van der Waals surface area contributed by atoms with Crippen molar-refractivity contribution in [3.8, 4) is 5.69 Å². The Morgan fingerprint density at radius 2 is 1.96 bits per heavy atom. The Kier molecular flexibility index (Phi) is 4.18. The van der Waals surface area contributed by atoms with Gasteiger partial charge in [0.1, 0.15) is 5.78 Å². The van der Waals surface area contributed by atoms with Crippen LogP contribution in [0.3, 0.4) is 0 Å². The van der Waals surface area contributed by atoms with Crippen LogP contribution in [0.5, 0.6) is 0 Å². The van der Waals surface area contributed by atoms with Crippen LogP contribution in [0.25, 0.3) is 16.5 Å². The summed E-state index contributed by atoms with van der Waals surface area (Å²) in [4.78, 5) is 11.3. The second-order valence-corrected chi connectivity index (χ2v) is 7.72. The number of fused-ring (bicyclic) bond motifs is 1. The number of rotatable bonds is 5. The molecule has 1 saturated carbocycles. The van der Waals surface area contributed by atoms with Crippen molar-refractivity contribution >= 4 is 44.2 Å². The molecule has 0 radical (unpaired) electrons. The third kappa shape index (κ3) is 2.89. The third-order valence-corrected chi connectivity index (χ3v) is 5.78. The molecule has 1 aliphatic carbocycles. The summed E-state index contributed by atoms with van der Waals surface area (Å²) >= 11 is 4.91. The molecule has 6 heteroatoms. The van der Waals surface area contributed by atoms with Crippen molar-refractivity contribution in [2.45, 2.75) is 30.8 Å². The first-order valence-corrected chi connectivity index (χ1v) is 9.68. The molecule has 0 saturated heterocycles. The van der Waals surface area contributed by atoms with Gasteiger partial charge in [-0.2, -0.15) is 0 Å². The van der Waals surface area contributed by atoms with E-state index in [0.717, 1.165) is 10.8 Å². The second kappa shape index (κ2) is 6.33. The molecule has 1 aromatic heterocycles. The van der Waals surface area contributed by atoms with Gasteiger partial charge < -0.3 is 0 Å². The number of Topliss-reactive ketones (excluding diaryl/α,β-unsaturated/α-hetero) is 1. The summed E-state index contributed by atoms with van der Waals surface area (Å²) in [6, 6.07) is 12.8. The van der Waals surface area contributed by atoms with Gasteiger partial charge in [-0.05, 0) is 58.6 Å². The Hall–Kier alpha value is -1.66. The topological polar surface area (TPSA) is 47.8 Å². The lowest BCUT2D eigenvalue weighted by atomic mass is 9.99. The predicted octanol–water partition coefficient (Wildman–Crippen LogP) is 4.74. The van der Waals surface area contributed by atoms with Crippen molar-refractivity contribution in [2.75, 3.05) is 5.75 Å². The molecular formula is C18H16BrN3OS. The first-order chi connectivity index (χ1) is 11.6. The number of aromatic nitrogens is 3. The van der Waals surface area contributed by atoms with Crippen molar-refractivity contribution in [1.82, 2.24) is 14.8 Å². The normalized spacial score (nSPS) is 14.2. The molecule has 1 fully saturated rings. The number of hydrogen-bond donors (Lipinski definition) is 0. The van der Waals surface area contributed by atoms with Crippen LogP contribution < -0.4 is 0 Å². The lowest BCUT2D eigenvalue weighted by molar-refractivity contribution is -0.114. The van der Waals surface area contributed by atoms with Gasteiger partial charge in [0.05, 0.1) is 11.4 Å². The number of ketones is 1. The van der Waals surface area contributed by atoms with E-state index in [-0.39, 0.29) is 5.78 Å². The van der Waals surface area contributed by atoms with Gasteiger partial charge in [0.15, 0.2) is 5.16 Å². The largest absolute Gasteiger partial charge is 0.299 e. The Bertz CT molecular complexity index is 933. The minimum Gasteiger partial charge on any atom is -0.299 e. The SMILES string of the molecule is CC(=O)CSc1nnc(Br)n1-c1ccc(C2CC2)c2ccccc12. The van der Waals surface area contributed by atoms with Gasteiger partial charge >= 0.3 is 0 Å². The van der Waals surface area contributed by atoms with Crippen molar-refractivity contribution in [3.63, 3.8) is 0 Å². The molecule has 4 rings (SSSR count). The molecule has 1 heterocycles. The highest BCUT2D eigenvalue weighted by atomic mass is 79.9. The first-order valence-electron chi connectivity index (χ1n) is 7.90. The highest BCUT2D eigenvalue weighted by Gasteiger charge is 2.26. The van der Waals surface area contributed by atoms with Gasteiger partial charge in [0, 0.05) is 5.39 Å². The van der Waals surface area contributed by atoms with Gasteiger partial charge in [0.25, 0.3) is 0 Å². The molecule has 0 amide bonds. The zero-order chi connectivity index (χ0) is 16.7. The van der Waals surface area contributed by atoms with Crippen LogP contribution in [0.15, 0.2) is 46.3 Å². The molecule has 4 nitrogen and oxygen atoms in total. The van der Waals surface area contributed by atoms with Gasteiger partial charge in [0.2, 0.25) is 4.73 Å². The molecule has 122 valence electrons. The summed E-state index contributed by atoms with van der Waals surface area (Å²) in [5.74, 6) is 1.21. The Morgan fingerprint density at radius 3 is 2.67 bits per heavy atom. The summed E-state index contributed by atoms with van der Waals surface area (Å²) < 4.78 is 2.63. The molecule has 0 aliphatic heterocycles. The fourth-order valence-electron chi connectivity index (χ4n) is 2.97. The maximum absolute atomic E-state index is 11.3. The number of nitrogens with zero attached hydrogens (tertiary/aromatic N) is 3. The monoisotopic (exact) mass is 401 g/mol. The molecule has 0 unspecified atom stereocenters. The van der Waals surface area contributed by atoms with E-state index >= 15 is 0 Å². The summed E-state index contributed by atoms with van der Waals surface area (Å²) in [5.41, 5.74) is 2.47. The number of carbonyl (C=O) groups excluding carboxylic acids is 1. The standard InChI is InChI=1S/C18H16BrN3OS/c1-11(23)10-24-18-21-20-17(19)22(18)16-9-8-13(12-6-7-12)14-4-2-3-5-15(14)16/h2-5,8-9,12H,6-7,10H2,1H3. The molecule has 24 heavy (non-hydrogen) atoms. The molecule has 0 N–H and O–H groups in total. The van der Waals surface area contributed by atoms with Gasteiger partial charge in [-0.1, -0.05) is 42.1 Å². The number of halogens is 1. The van der Waals surface area contributed by atoms with Gasteiger partial charge in [-0.15, -0.1) is 10.2 Å². The molecule has 1 aliphatic rings. The van der Waals surface area contributed by atoms with Gasteiger partial charge in [-0.3, -0.25) is 9.36 Å². The highest BCUT2D eigenvalue weighted by Crippen LogP contribution is 2.44. The first kappa shape index (κ1) is 15.8. The predicted molar refractivity (Wildman–Crippen MR) is 99.9 cm³/mol. The van der Waals surface area contributed by atoms with E-state index in [0.29, 0.717) is 16.4 Å². The number of carbonyl (C=O) groups is 1. The zero-order valence-corrected chi connectivity index (χ0v) is 15.6. The lowest BCUT2D eigenvalue weighted by Gasteiger charge is -2.13. The quantitative estimate of drug-likeness (QED) is 0.579. The Balaban J connectivity index is 1.87. The lowest BCUT2D eigenvalue weighted by Crippen LogP contribution is -2.01. The summed E-state index contributed by atoms with van der Waals surface area (Å²) in [7, 11) is 0. The summed E-state index contributed by atoms with van der Waals surface area (Å²) in [6.07, 6.45) is 2.55. The van der Waals surface area contributed by atoms with Crippen LogP contribution in [0.2, 0.25) is 0 Å². The summed E-state index contributed by atoms with van der Waals surface area (Å²) in [5, 5.41) is 11.6. The van der Waals surface area contributed by atoms with Crippen LogP contribution in [-0.4, -0.2) is 26.3 Å². The maximum atomic E-state index is 11.3. The van der Waals surface area contributed by atoms with E-state index in [1.165, 1.54) is 40.9 Å². The molecule has 3 aromatic rings. The van der Waals surface area contributed by atoms with Gasteiger partial charge in [-0.25, -0.2) is 0 Å². The van der Waals surface area contributed by atoms with Crippen molar-refractivity contribution < 1.29 is 4.79 Å². The smallest absolute Gasteiger partial charge is 0.205 e. The average Bonchev–Trinajstić information content (AvgIpc) is 3.35. The second-order valence-electron chi connectivity index (χ2n) is 6.07. The molecule has 0 bridgehead atoms. The van der Waals surface area contributed by atoms with Crippen LogP contribution in [-0.2, 0) is 4.79 Å². The van der Waals surface area contributed by atoms with Crippen molar-refractivity contribution in [2.24, 2.45) is 0 Å². The van der Waals surface area contributed by atoms with E-state index in [4.69, 9.17) is 0 Å². The molecule has 2 aromatic carbocycles. The van der Waals surface area contributed by atoms with E-state index in [2.05, 4.69) is 62.5 Å². The molecular weight excluding hydrogens is 386 g/mol. The average molecular weight is 402 g/mol.